The van der Waals surface area contributed by atoms with E-state index in [2.05, 4.69) is 38.1 Å². The second-order valence-electron chi connectivity index (χ2n) is 3.74. The maximum Gasteiger partial charge on any atom is 0.0319 e. The lowest BCUT2D eigenvalue weighted by Gasteiger charge is -2.04. The Balaban J connectivity index is 0. The normalized spacial score (nSPS) is 8.59. The van der Waals surface area contributed by atoms with Gasteiger partial charge in [0, 0.05) is 7.11 Å². The van der Waals surface area contributed by atoms with Crippen molar-refractivity contribution in [1.82, 2.24) is 0 Å². The quantitative estimate of drug-likeness (QED) is 0.734. The molecule has 1 heteroatoms. The van der Waals surface area contributed by atoms with Crippen molar-refractivity contribution in [1.29, 1.82) is 0 Å². The Labute approximate surface area is 108 Å². The molecule has 0 saturated heterocycles. The molecule has 1 rings (SSSR count). The second-order valence-corrected chi connectivity index (χ2v) is 3.74. The molecule has 1 aromatic carbocycles. The van der Waals surface area contributed by atoms with Crippen molar-refractivity contribution in [3.05, 3.63) is 35.4 Å². The van der Waals surface area contributed by atoms with Gasteiger partial charge in [0.15, 0.2) is 0 Å². The molecule has 0 radical (unpaired) electrons. The highest BCUT2D eigenvalue weighted by atomic mass is 16.2. The molecule has 0 aromatic heterocycles. The molecule has 100 valence electrons. The Morgan fingerprint density at radius 1 is 0.941 bits per heavy atom. The van der Waals surface area contributed by atoms with Gasteiger partial charge in [0.2, 0.25) is 0 Å². The summed E-state index contributed by atoms with van der Waals surface area (Å²) in [5.74, 6) is 0. The first kappa shape index (κ1) is 18.5. The van der Waals surface area contributed by atoms with Crippen LogP contribution in [0.2, 0.25) is 0 Å². The van der Waals surface area contributed by atoms with Crippen LogP contribution in [0.1, 0.15) is 57.6 Å². The molecular formula is C16H30O. The molecule has 0 fully saturated rings. The molecule has 0 aliphatic rings. The minimum absolute atomic E-state index is 1.00. The monoisotopic (exact) mass is 238 g/mol. The molecule has 1 nitrogen and oxygen atoms in total. The number of benzene rings is 1. The fraction of sp³-hybridized carbons (Fsp3) is 0.625. The first-order valence-electron chi connectivity index (χ1n) is 6.84. The molecule has 1 N–H and O–H groups in total. The van der Waals surface area contributed by atoms with Crippen LogP contribution in [0.4, 0.5) is 0 Å². The van der Waals surface area contributed by atoms with Gasteiger partial charge in [-0.1, -0.05) is 64.3 Å². The number of hydrogen-bond donors (Lipinski definition) is 1. The maximum atomic E-state index is 7.00. The highest BCUT2D eigenvalue weighted by Gasteiger charge is 1.95. The largest absolute Gasteiger partial charge is 0.400 e. The SMILES string of the molecule is CC.CCCCCCc1ccccc1C.CO. The zero-order chi connectivity index (χ0) is 13.5. The summed E-state index contributed by atoms with van der Waals surface area (Å²) in [6, 6.07) is 8.71. The minimum Gasteiger partial charge on any atom is -0.400 e. The van der Waals surface area contributed by atoms with Crippen molar-refractivity contribution in [2.45, 2.75) is 59.8 Å². The van der Waals surface area contributed by atoms with E-state index in [0.29, 0.717) is 0 Å². The van der Waals surface area contributed by atoms with E-state index in [1.807, 2.05) is 13.8 Å². The average molecular weight is 238 g/mol. The van der Waals surface area contributed by atoms with Crippen molar-refractivity contribution in [3.8, 4) is 0 Å². The van der Waals surface area contributed by atoms with Gasteiger partial charge >= 0.3 is 0 Å². The average Bonchev–Trinajstić information content (AvgIpc) is 2.41. The number of unbranched alkanes of at least 4 members (excludes halogenated alkanes) is 3. The lowest BCUT2D eigenvalue weighted by atomic mass is 10.0. The number of rotatable bonds is 5. The first-order chi connectivity index (χ1) is 8.34. The highest BCUT2D eigenvalue weighted by molar-refractivity contribution is 5.25. The zero-order valence-electron chi connectivity index (χ0n) is 12.3. The van der Waals surface area contributed by atoms with Gasteiger partial charge in [-0.2, -0.15) is 0 Å². The second kappa shape index (κ2) is 15.2. The summed E-state index contributed by atoms with van der Waals surface area (Å²) in [5, 5.41) is 7.00. The van der Waals surface area contributed by atoms with E-state index in [-0.39, 0.29) is 0 Å². The summed E-state index contributed by atoms with van der Waals surface area (Å²) >= 11 is 0. The molecule has 0 unspecified atom stereocenters. The number of hydrogen-bond acceptors (Lipinski definition) is 1. The van der Waals surface area contributed by atoms with Crippen molar-refractivity contribution in [3.63, 3.8) is 0 Å². The number of aryl methyl sites for hydroxylation is 2. The van der Waals surface area contributed by atoms with E-state index in [9.17, 15) is 0 Å². The van der Waals surface area contributed by atoms with Crippen LogP contribution in [0.15, 0.2) is 24.3 Å². The summed E-state index contributed by atoms with van der Waals surface area (Å²) in [4.78, 5) is 0. The van der Waals surface area contributed by atoms with Crippen LogP contribution in [0, 0.1) is 6.92 Å². The molecule has 0 bridgehead atoms. The van der Waals surface area contributed by atoms with Gasteiger partial charge in [-0.3, -0.25) is 0 Å². The molecule has 0 atom stereocenters. The summed E-state index contributed by atoms with van der Waals surface area (Å²) in [5.41, 5.74) is 2.97. The number of aliphatic hydroxyl groups is 1. The summed E-state index contributed by atoms with van der Waals surface area (Å²) in [6.07, 6.45) is 6.69. The fourth-order valence-corrected chi connectivity index (χ4v) is 1.63. The van der Waals surface area contributed by atoms with Crippen LogP contribution in [-0.2, 0) is 6.42 Å². The van der Waals surface area contributed by atoms with Crippen molar-refractivity contribution in [2.24, 2.45) is 0 Å². The van der Waals surface area contributed by atoms with E-state index in [1.165, 1.54) is 43.2 Å². The third-order valence-corrected chi connectivity index (χ3v) is 2.56. The molecule has 1 aromatic rings. The Kier molecular flexibility index (Phi) is 16.6. The predicted octanol–water partition coefficient (Wildman–Crippen LogP) is 4.75. The topological polar surface area (TPSA) is 20.2 Å². The van der Waals surface area contributed by atoms with Gasteiger partial charge in [0.05, 0.1) is 0 Å². The standard InChI is InChI=1S/C13H20.C2H6.CH4O/c1-3-4-5-6-10-13-11-8-7-9-12(13)2;2*1-2/h7-9,11H,3-6,10H2,1-2H3;1-2H3;2H,1H3. The minimum atomic E-state index is 1.00. The Morgan fingerprint density at radius 2 is 1.53 bits per heavy atom. The lowest BCUT2D eigenvalue weighted by molar-refractivity contribution is 0.399. The van der Waals surface area contributed by atoms with Crippen LogP contribution in [0.5, 0.6) is 0 Å². The van der Waals surface area contributed by atoms with Crippen molar-refractivity contribution >= 4 is 0 Å². The van der Waals surface area contributed by atoms with Crippen LogP contribution >= 0.6 is 0 Å². The first-order valence-corrected chi connectivity index (χ1v) is 6.84. The highest BCUT2D eigenvalue weighted by Crippen LogP contribution is 2.11. The van der Waals surface area contributed by atoms with Crippen molar-refractivity contribution < 1.29 is 5.11 Å². The van der Waals surface area contributed by atoms with Gasteiger partial charge in [0.1, 0.15) is 0 Å². The van der Waals surface area contributed by atoms with Gasteiger partial charge in [-0.05, 0) is 30.9 Å². The van der Waals surface area contributed by atoms with Gasteiger partial charge in [-0.25, -0.2) is 0 Å². The molecule has 0 amide bonds. The van der Waals surface area contributed by atoms with E-state index >= 15 is 0 Å². The van der Waals surface area contributed by atoms with Crippen LogP contribution < -0.4 is 0 Å². The van der Waals surface area contributed by atoms with Crippen molar-refractivity contribution in [2.75, 3.05) is 7.11 Å². The van der Waals surface area contributed by atoms with Gasteiger partial charge in [0.25, 0.3) is 0 Å². The summed E-state index contributed by atoms with van der Waals surface area (Å²) in [6.45, 7) is 8.46. The Hall–Kier alpha value is -0.820. The smallest absolute Gasteiger partial charge is 0.0319 e. The van der Waals surface area contributed by atoms with E-state index in [1.54, 1.807) is 0 Å². The van der Waals surface area contributed by atoms with E-state index in [4.69, 9.17) is 5.11 Å². The van der Waals surface area contributed by atoms with Crippen LogP contribution in [0.25, 0.3) is 0 Å². The molecule has 0 spiro atoms. The van der Waals surface area contributed by atoms with Gasteiger partial charge in [-0.15, -0.1) is 0 Å². The van der Waals surface area contributed by atoms with Gasteiger partial charge < -0.3 is 5.11 Å². The third-order valence-electron chi connectivity index (χ3n) is 2.56. The fourth-order valence-electron chi connectivity index (χ4n) is 1.63. The summed E-state index contributed by atoms with van der Waals surface area (Å²) < 4.78 is 0. The Morgan fingerprint density at radius 3 is 2.06 bits per heavy atom. The predicted molar refractivity (Wildman–Crippen MR) is 78.5 cm³/mol. The molecule has 17 heavy (non-hydrogen) atoms. The Bertz CT molecular complexity index is 243. The molecule has 0 aliphatic heterocycles. The van der Waals surface area contributed by atoms with E-state index < -0.39 is 0 Å². The lowest BCUT2D eigenvalue weighted by Crippen LogP contribution is -1.89. The molecular weight excluding hydrogens is 208 g/mol. The molecule has 0 aliphatic carbocycles. The van der Waals surface area contributed by atoms with Crippen LogP contribution in [0.3, 0.4) is 0 Å². The maximum absolute atomic E-state index is 7.00. The molecule has 0 saturated carbocycles. The zero-order valence-corrected chi connectivity index (χ0v) is 12.3. The van der Waals surface area contributed by atoms with E-state index in [0.717, 1.165) is 7.11 Å². The number of aliphatic hydroxyl groups excluding tert-OH is 1. The third kappa shape index (κ3) is 10.1. The summed E-state index contributed by atoms with van der Waals surface area (Å²) in [7, 11) is 1.00. The molecule has 0 heterocycles. The van der Waals surface area contributed by atoms with Crippen LogP contribution in [-0.4, -0.2) is 12.2 Å².